The van der Waals surface area contributed by atoms with Crippen LogP contribution < -0.4 is 15.4 Å². The van der Waals surface area contributed by atoms with E-state index >= 15 is 0 Å². The number of anilines is 2. The number of hydrogen-bond donors (Lipinski definition) is 3. The van der Waals surface area contributed by atoms with Crippen LogP contribution in [0, 0.1) is 16.0 Å². The molecule has 8 rings (SSSR count). The Morgan fingerprint density at radius 2 is 1.68 bits per heavy atom. The third-order valence-electron chi connectivity index (χ3n) is 8.55. The van der Waals surface area contributed by atoms with Crippen molar-refractivity contribution in [3.05, 3.63) is 128 Å². The van der Waals surface area contributed by atoms with E-state index in [1.165, 1.54) is 28.9 Å². The summed E-state index contributed by atoms with van der Waals surface area (Å²) in [4.78, 5) is 39.6. The standard InChI is InChI=1S/C32H20BrN5O6/c33-18-10-15-23-22(16-18)31(30(40)34-23)25-26(17-6-2-1-3-7-17)36-37(19-11-13-20(14-12-19)38(42)43)28(25)35-32(41)21-8-4-5-9-24(21)44-29(39)27(31)32/h1-16,27,35,41H,(H,34,40). The van der Waals surface area contributed by atoms with Gasteiger partial charge < -0.3 is 20.5 Å². The molecule has 0 bridgehead atoms. The minimum atomic E-state index is -2.13. The van der Waals surface area contributed by atoms with Gasteiger partial charge in [0.05, 0.1) is 16.3 Å². The summed E-state index contributed by atoms with van der Waals surface area (Å²) in [6.07, 6.45) is 0. The summed E-state index contributed by atoms with van der Waals surface area (Å²) >= 11 is 3.53. The molecule has 0 saturated heterocycles. The minimum absolute atomic E-state index is 0.112. The van der Waals surface area contributed by atoms with Crippen LogP contribution in [0.3, 0.4) is 0 Å². The van der Waals surface area contributed by atoms with Crippen molar-refractivity contribution in [1.29, 1.82) is 0 Å². The number of non-ortho nitro benzene ring substituents is 1. The summed E-state index contributed by atoms with van der Waals surface area (Å²) in [6, 6.07) is 26.8. The SMILES string of the molecule is O=C1Oc2ccccc2C2(O)Nc3c(c(-c4ccccc4)nn3-c3ccc([N+](=O)[O-])cc3)C3(C(=O)Nc4ccc(Br)cc43)C12. The molecular formula is C32H20BrN5O6. The highest BCUT2D eigenvalue weighted by Crippen LogP contribution is 2.62. The molecule has 0 fully saturated rings. The molecule has 3 unspecified atom stereocenters. The summed E-state index contributed by atoms with van der Waals surface area (Å²) in [5.74, 6) is -2.42. The number of aromatic nitrogens is 2. The summed E-state index contributed by atoms with van der Waals surface area (Å²) in [7, 11) is 0. The number of carbonyl (C=O) groups excluding carboxylic acids is 2. The first kappa shape index (κ1) is 26.3. The Kier molecular flexibility index (Phi) is 5.43. The topological polar surface area (TPSA) is 149 Å². The highest BCUT2D eigenvalue weighted by atomic mass is 79.9. The van der Waals surface area contributed by atoms with Crippen LogP contribution in [0.1, 0.15) is 16.7 Å². The number of esters is 1. The predicted octanol–water partition coefficient (Wildman–Crippen LogP) is 5.25. The second kappa shape index (κ2) is 9.09. The number of nitrogens with one attached hydrogen (secondary N) is 2. The predicted molar refractivity (Wildman–Crippen MR) is 162 cm³/mol. The molecule has 1 amide bonds. The number of ether oxygens (including phenoxy) is 1. The maximum absolute atomic E-state index is 14.6. The molecule has 12 heteroatoms. The van der Waals surface area contributed by atoms with E-state index in [1.807, 2.05) is 30.3 Å². The zero-order chi connectivity index (χ0) is 30.4. The van der Waals surface area contributed by atoms with Gasteiger partial charge in [0.15, 0.2) is 5.72 Å². The van der Waals surface area contributed by atoms with Crippen molar-refractivity contribution in [3.8, 4) is 22.7 Å². The third-order valence-corrected chi connectivity index (χ3v) is 9.04. The first-order valence-electron chi connectivity index (χ1n) is 13.6. The van der Waals surface area contributed by atoms with Crippen molar-refractivity contribution >= 4 is 45.0 Å². The zero-order valence-corrected chi connectivity index (χ0v) is 24.1. The van der Waals surface area contributed by atoms with Crippen LogP contribution in [0.2, 0.25) is 0 Å². The van der Waals surface area contributed by atoms with E-state index in [4.69, 9.17) is 9.84 Å². The van der Waals surface area contributed by atoms with Gasteiger partial charge in [0.25, 0.3) is 5.69 Å². The second-order valence-electron chi connectivity index (χ2n) is 10.8. The molecule has 216 valence electrons. The number of amides is 1. The molecule has 1 spiro atoms. The quantitative estimate of drug-likeness (QED) is 0.104. The van der Waals surface area contributed by atoms with Gasteiger partial charge in [-0.1, -0.05) is 64.5 Å². The minimum Gasteiger partial charge on any atom is -0.426 e. The van der Waals surface area contributed by atoms with Crippen LogP contribution in [0.15, 0.2) is 102 Å². The summed E-state index contributed by atoms with van der Waals surface area (Å²) in [6.45, 7) is 0. The number of halogens is 1. The number of para-hydroxylation sites is 1. The summed E-state index contributed by atoms with van der Waals surface area (Å²) in [5, 5.41) is 35.3. The van der Waals surface area contributed by atoms with Gasteiger partial charge in [0.1, 0.15) is 22.9 Å². The number of nitrogens with zero attached hydrogens (tertiary/aromatic N) is 3. The van der Waals surface area contributed by atoms with E-state index in [0.717, 1.165) is 0 Å². The lowest BCUT2D eigenvalue weighted by Gasteiger charge is -2.51. The Labute approximate surface area is 257 Å². The lowest BCUT2D eigenvalue weighted by molar-refractivity contribution is -0.384. The molecule has 3 atom stereocenters. The summed E-state index contributed by atoms with van der Waals surface area (Å²) < 4.78 is 7.97. The monoisotopic (exact) mass is 649 g/mol. The molecule has 0 saturated carbocycles. The maximum atomic E-state index is 14.6. The van der Waals surface area contributed by atoms with Crippen LogP contribution in [0.25, 0.3) is 16.9 Å². The first-order chi connectivity index (χ1) is 21.2. The van der Waals surface area contributed by atoms with Crippen molar-refractivity contribution in [2.75, 3.05) is 10.6 Å². The fraction of sp³-hybridized carbons (Fsp3) is 0.0938. The smallest absolute Gasteiger partial charge is 0.321 e. The molecule has 5 aromatic rings. The van der Waals surface area contributed by atoms with Gasteiger partial charge in [-0.25, -0.2) is 4.68 Å². The second-order valence-corrected chi connectivity index (χ2v) is 11.7. The highest BCUT2D eigenvalue weighted by molar-refractivity contribution is 9.10. The Morgan fingerprint density at radius 3 is 2.43 bits per heavy atom. The summed E-state index contributed by atoms with van der Waals surface area (Å²) in [5.41, 5.74) is -1.05. The molecule has 4 heterocycles. The Morgan fingerprint density at radius 1 is 0.955 bits per heavy atom. The van der Waals surface area contributed by atoms with Crippen LogP contribution >= 0.6 is 15.9 Å². The number of benzene rings is 4. The highest BCUT2D eigenvalue weighted by Gasteiger charge is 2.71. The molecule has 0 radical (unpaired) electrons. The Balaban J connectivity index is 1.53. The molecule has 3 aliphatic heterocycles. The molecular weight excluding hydrogens is 630 g/mol. The number of carbonyl (C=O) groups is 2. The normalized spacial score (nSPS) is 22.6. The number of hydrogen-bond acceptors (Lipinski definition) is 8. The average Bonchev–Trinajstić information content (AvgIpc) is 3.53. The van der Waals surface area contributed by atoms with E-state index in [9.17, 15) is 24.8 Å². The molecule has 3 N–H and O–H groups in total. The fourth-order valence-electron chi connectivity index (χ4n) is 6.76. The van der Waals surface area contributed by atoms with Crippen LogP contribution in [-0.2, 0) is 20.7 Å². The van der Waals surface area contributed by atoms with Gasteiger partial charge in [-0.3, -0.25) is 19.7 Å². The van der Waals surface area contributed by atoms with E-state index in [-0.39, 0.29) is 22.8 Å². The molecule has 0 aliphatic carbocycles. The van der Waals surface area contributed by atoms with Crippen molar-refractivity contribution < 1.29 is 24.4 Å². The molecule has 3 aliphatic rings. The van der Waals surface area contributed by atoms with E-state index in [0.29, 0.717) is 38.2 Å². The molecule has 4 aromatic carbocycles. The Hall–Kier alpha value is -5.33. The third kappa shape index (κ3) is 3.37. The zero-order valence-electron chi connectivity index (χ0n) is 22.5. The molecule has 44 heavy (non-hydrogen) atoms. The first-order valence-corrected chi connectivity index (χ1v) is 14.4. The number of nitro benzene ring substituents is 1. The lowest BCUT2D eigenvalue weighted by atomic mass is 9.58. The van der Waals surface area contributed by atoms with Gasteiger partial charge in [-0.2, -0.15) is 5.10 Å². The van der Waals surface area contributed by atoms with Gasteiger partial charge in [-0.05, 0) is 42.0 Å². The number of aliphatic hydroxyl groups is 1. The molecule has 1 aromatic heterocycles. The average molecular weight is 650 g/mol. The molecule has 11 nitrogen and oxygen atoms in total. The van der Waals surface area contributed by atoms with E-state index < -0.39 is 33.9 Å². The van der Waals surface area contributed by atoms with Crippen molar-refractivity contribution in [1.82, 2.24) is 9.78 Å². The fourth-order valence-corrected chi connectivity index (χ4v) is 7.12. The van der Waals surface area contributed by atoms with Crippen molar-refractivity contribution in [3.63, 3.8) is 0 Å². The van der Waals surface area contributed by atoms with E-state index in [1.54, 1.807) is 42.5 Å². The van der Waals surface area contributed by atoms with Crippen molar-refractivity contribution in [2.45, 2.75) is 11.1 Å². The van der Waals surface area contributed by atoms with Gasteiger partial charge in [0, 0.05) is 39.0 Å². The Bertz CT molecular complexity index is 2060. The number of fused-ring (bicyclic) bond motifs is 8. The number of rotatable bonds is 3. The van der Waals surface area contributed by atoms with Gasteiger partial charge >= 0.3 is 5.97 Å². The lowest BCUT2D eigenvalue weighted by Crippen LogP contribution is -2.64. The van der Waals surface area contributed by atoms with Crippen molar-refractivity contribution in [2.24, 2.45) is 5.92 Å². The van der Waals surface area contributed by atoms with Crippen LogP contribution in [0.4, 0.5) is 17.2 Å². The maximum Gasteiger partial charge on any atom is 0.321 e. The van der Waals surface area contributed by atoms with E-state index in [2.05, 4.69) is 26.6 Å². The van der Waals surface area contributed by atoms with Crippen LogP contribution in [0.5, 0.6) is 5.75 Å². The van der Waals surface area contributed by atoms with Crippen LogP contribution in [-0.4, -0.2) is 31.7 Å². The largest absolute Gasteiger partial charge is 0.426 e. The number of nitro groups is 1. The van der Waals surface area contributed by atoms with Gasteiger partial charge in [0.2, 0.25) is 5.91 Å². The van der Waals surface area contributed by atoms with Gasteiger partial charge in [-0.15, -0.1) is 0 Å².